The van der Waals surface area contributed by atoms with Gasteiger partial charge in [0.1, 0.15) is 6.61 Å². The summed E-state index contributed by atoms with van der Waals surface area (Å²) in [6, 6.07) is 3.54. The van der Waals surface area contributed by atoms with Crippen molar-refractivity contribution in [1.82, 2.24) is 0 Å². The van der Waals surface area contributed by atoms with Crippen LogP contribution >= 0.6 is 0 Å². The van der Waals surface area contributed by atoms with E-state index in [1.807, 2.05) is 13.8 Å². The molecule has 0 heterocycles. The van der Waals surface area contributed by atoms with Crippen LogP contribution in [0.5, 0.6) is 17.2 Å². The molecular weight excluding hydrogens is 260 g/mol. The smallest absolute Gasteiger partial charge is 0.308 e. The summed E-state index contributed by atoms with van der Waals surface area (Å²) in [4.78, 5) is 11.7. The molecule has 112 valence electrons. The molecule has 1 aromatic rings. The number of carbonyl (C=O) groups is 1. The number of hydrogen-bond acceptors (Lipinski definition) is 5. The van der Waals surface area contributed by atoms with Gasteiger partial charge in [-0.05, 0) is 24.1 Å². The first kappa shape index (κ1) is 16.1. The molecule has 1 unspecified atom stereocenters. The van der Waals surface area contributed by atoms with Gasteiger partial charge in [-0.2, -0.15) is 0 Å². The molecule has 0 amide bonds. The molecule has 0 bridgehead atoms. The highest BCUT2D eigenvalue weighted by Gasteiger charge is 2.16. The number of benzene rings is 1. The van der Waals surface area contributed by atoms with E-state index in [-0.39, 0.29) is 18.5 Å². The number of rotatable bonds is 7. The van der Waals surface area contributed by atoms with Gasteiger partial charge in [-0.15, -0.1) is 0 Å². The van der Waals surface area contributed by atoms with Gasteiger partial charge in [-0.25, -0.2) is 0 Å². The second kappa shape index (κ2) is 7.62. The maximum Gasteiger partial charge on any atom is 0.308 e. The van der Waals surface area contributed by atoms with Crippen LogP contribution in [0.1, 0.15) is 25.8 Å². The summed E-state index contributed by atoms with van der Waals surface area (Å²) in [7, 11) is 4.64. The maximum absolute atomic E-state index is 11.7. The van der Waals surface area contributed by atoms with Crippen molar-refractivity contribution in [3.8, 4) is 17.2 Å². The summed E-state index contributed by atoms with van der Waals surface area (Å²) in [6.07, 6.45) is 0.758. The zero-order valence-electron chi connectivity index (χ0n) is 12.7. The number of carbonyl (C=O) groups excluding carboxylic acids is 1. The molecule has 5 nitrogen and oxygen atoms in total. The fourth-order valence-electron chi connectivity index (χ4n) is 1.68. The maximum atomic E-state index is 11.7. The summed E-state index contributed by atoms with van der Waals surface area (Å²) in [5.74, 6) is 1.30. The number of ether oxygens (including phenoxy) is 4. The van der Waals surface area contributed by atoms with Gasteiger partial charge in [-0.3, -0.25) is 4.79 Å². The van der Waals surface area contributed by atoms with E-state index in [1.54, 1.807) is 33.5 Å². The third-order valence-electron chi connectivity index (χ3n) is 3.12. The van der Waals surface area contributed by atoms with Gasteiger partial charge < -0.3 is 18.9 Å². The van der Waals surface area contributed by atoms with Crippen molar-refractivity contribution in [1.29, 1.82) is 0 Å². The Morgan fingerprint density at radius 3 is 2.05 bits per heavy atom. The molecule has 0 aliphatic carbocycles. The van der Waals surface area contributed by atoms with Gasteiger partial charge in [-0.1, -0.05) is 13.8 Å². The molecule has 1 rings (SSSR count). The minimum atomic E-state index is -0.207. The number of hydrogen-bond donors (Lipinski definition) is 0. The van der Waals surface area contributed by atoms with Gasteiger partial charge in [0.05, 0.1) is 27.2 Å². The third kappa shape index (κ3) is 3.79. The van der Waals surface area contributed by atoms with E-state index in [0.717, 1.165) is 12.0 Å². The van der Waals surface area contributed by atoms with Crippen LogP contribution in [0.4, 0.5) is 0 Å². The van der Waals surface area contributed by atoms with Crippen molar-refractivity contribution in [3.63, 3.8) is 0 Å². The lowest BCUT2D eigenvalue weighted by molar-refractivity contribution is -0.149. The second-order valence-electron chi connectivity index (χ2n) is 4.45. The molecule has 5 heteroatoms. The Kier molecular flexibility index (Phi) is 6.15. The van der Waals surface area contributed by atoms with E-state index in [9.17, 15) is 4.79 Å². The zero-order valence-corrected chi connectivity index (χ0v) is 12.7. The van der Waals surface area contributed by atoms with Gasteiger partial charge in [0.15, 0.2) is 11.5 Å². The highest BCUT2D eigenvalue weighted by Crippen LogP contribution is 2.38. The lowest BCUT2D eigenvalue weighted by Gasteiger charge is -2.15. The fraction of sp³-hybridized carbons (Fsp3) is 0.533. The molecule has 0 spiro atoms. The van der Waals surface area contributed by atoms with E-state index in [4.69, 9.17) is 18.9 Å². The Labute approximate surface area is 119 Å². The molecule has 0 N–H and O–H groups in total. The van der Waals surface area contributed by atoms with Crippen LogP contribution in [0.3, 0.4) is 0 Å². The Bertz CT molecular complexity index is 431. The Hall–Kier alpha value is -1.91. The fourth-order valence-corrected chi connectivity index (χ4v) is 1.68. The number of methoxy groups -OCH3 is 3. The van der Waals surface area contributed by atoms with E-state index in [2.05, 4.69) is 0 Å². The molecule has 0 radical (unpaired) electrons. The monoisotopic (exact) mass is 282 g/mol. The molecule has 1 aromatic carbocycles. The van der Waals surface area contributed by atoms with E-state index >= 15 is 0 Å². The minimum absolute atomic E-state index is 0.1000. The molecule has 0 saturated heterocycles. The largest absolute Gasteiger partial charge is 0.493 e. The average molecular weight is 282 g/mol. The van der Waals surface area contributed by atoms with Crippen LogP contribution in [0.25, 0.3) is 0 Å². The summed E-state index contributed by atoms with van der Waals surface area (Å²) in [5.41, 5.74) is 0.788. The Morgan fingerprint density at radius 2 is 1.65 bits per heavy atom. The molecule has 0 aromatic heterocycles. The van der Waals surface area contributed by atoms with Gasteiger partial charge in [0.25, 0.3) is 0 Å². The van der Waals surface area contributed by atoms with Crippen LogP contribution in [-0.4, -0.2) is 27.3 Å². The van der Waals surface area contributed by atoms with Crippen molar-refractivity contribution in [2.24, 2.45) is 5.92 Å². The van der Waals surface area contributed by atoms with Crippen LogP contribution in [0.2, 0.25) is 0 Å². The number of esters is 1. The lowest BCUT2D eigenvalue weighted by Crippen LogP contribution is -2.13. The van der Waals surface area contributed by atoms with E-state index < -0.39 is 0 Å². The van der Waals surface area contributed by atoms with E-state index in [0.29, 0.717) is 17.2 Å². The molecule has 0 fully saturated rings. The van der Waals surface area contributed by atoms with Gasteiger partial charge in [0.2, 0.25) is 5.75 Å². The topological polar surface area (TPSA) is 54.0 Å². The molecule has 20 heavy (non-hydrogen) atoms. The van der Waals surface area contributed by atoms with Crippen LogP contribution < -0.4 is 14.2 Å². The van der Waals surface area contributed by atoms with Crippen molar-refractivity contribution in [2.75, 3.05) is 21.3 Å². The Balaban J connectivity index is 2.88. The quantitative estimate of drug-likeness (QED) is 0.720. The first-order valence-electron chi connectivity index (χ1n) is 6.52. The van der Waals surface area contributed by atoms with Crippen LogP contribution in [-0.2, 0) is 16.1 Å². The zero-order chi connectivity index (χ0) is 15.1. The molecule has 0 saturated carbocycles. The van der Waals surface area contributed by atoms with Crippen molar-refractivity contribution in [3.05, 3.63) is 17.7 Å². The van der Waals surface area contributed by atoms with Gasteiger partial charge >= 0.3 is 5.97 Å². The minimum Gasteiger partial charge on any atom is -0.493 e. The van der Waals surface area contributed by atoms with E-state index in [1.165, 1.54) is 0 Å². The average Bonchev–Trinajstić information content (AvgIpc) is 2.50. The highest BCUT2D eigenvalue weighted by molar-refractivity contribution is 5.72. The highest BCUT2D eigenvalue weighted by atomic mass is 16.5. The summed E-state index contributed by atoms with van der Waals surface area (Å²) >= 11 is 0. The first-order valence-corrected chi connectivity index (χ1v) is 6.52. The SMILES string of the molecule is CCC(C)C(=O)OCc1cc(OC)c(OC)c(OC)c1. The molecular formula is C15H22O5. The van der Waals surface area contributed by atoms with Crippen molar-refractivity contribution in [2.45, 2.75) is 26.9 Å². The first-order chi connectivity index (χ1) is 9.57. The van der Waals surface area contributed by atoms with Crippen LogP contribution in [0, 0.1) is 5.92 Å². The van der Waals surface area contributed by atoms with Crippen molar-refractivity contribution < 1.29 is 23.7 Å². The molecule has 0 aliphatic heterocycles. The predicted octanol–water partition coefficient (Wildman–Crippen LogP) is 2.80. The molecule has 1 atom stereocenters. The normalized spacial score (nSPS) is 11.7. The third-order valence-corrected chi connectivity index (χ3v) is 3.12. The standard InChI is InChI=1S/C15H22O5/c1-6-10(2)15(16)20-9-11-7-12(17-3)14(19-5)13(8-11)18-4/h7-8,10H,6,9H2,1-5H3. The van der Waals surface area contributed by atoms with Crippen LogP contribution in [0.15, 0.2) is 12.1 Å². The lowest BCUT2D eigenvalue weighted by atomic mass is 10.1. The second-order valence-corrected chi connectivity index (χ2v) is 4.45. The summed E-state index contributed by atoms with van der Waals surface area (Å²) in [5, 5.41) is 0. The summed E-state index contributed by atoms with van der Waals surface area (Å²) < 4.78 is 21.0. The van der Waals surface area contributed by atoms with Crippen molar-refractivity contribution >= 4 is 5.97 Å². The summed E-state index contributed by atoms with van der Waals surface area (Å²) in [6.45, 7) is 3.97. The Morgan fingerprint density at radius 1 is 1.10 bits per heavy atom. The predicted molar refractivity (Wildman–Crippen MR) is 75.3 cm³/mol. The molecule has 0 aliphatic rings. The van der Waals surface area contributed by atoms with Gasteiger partial charge in [0, 0.05) is 0 Å².